The van der Waals surface area contributed by atoms with Crippen LogP contribution in [-0.2, 0) is 9.05 Å². The van der Waals surface area contributed by atoms with Gasteiger partial charge in [0.1, 0.15) is 17.3 Å². The van der Waals surface area contributed by atoms with E-state index >= 15 is 0 Å². The molecule has 0 saturated heterocycles. The highest BCUT2D eigenvalue weighted by Crippen LogP contribution is 2.30. The molecule has 3 nitrogen and oxygen atoms in total. The fourth-order valence-corrected chi connectivity index (χ4v) is 2.56. The molecule has 19 heavy (non-hydrogen) atoms. The summed E-state index contributed by atoms with van der Waals surface area (Å²) in [7, 11) is 1.45. The zero-order chi connectivity index (χ0) is 14.0. The van der Waals surface area contributed by atoms with Crippen molar-refractivity contribution in [2.24, 2.45) is 0 Å². The second kappa shape index (κ2) is 5.48. The molecule has 2 aromatic carbocycles. The molecule has 0 aliphatic rings. The van der Waals surface area contributed by atoms with Crippen LogP contribution in [0.1, 0.15) is 0 Å². The highest BCUT2D eigenvalue weighted by molar-refractivity contribution is 9.10. The fourth-order valence-electron chi connectivity index (χ4n) is 1.36. The van der Waals surface area contributed by atoms with Gasteiger partial charge in [0.05, 0.1) is 9.37 Å². The molecule has 0 aliphatic heterocycles. The standard InChI is InChI=1S/C12H7BrClFO3S/c13-11-7-8(15)1-6-12(11)18-9-2-4-10(5-3-9)19(14,16)17/h1-7H. The second-order valence-corrected chi connectivity index (χ2v) is 7.01. The highest BCUT2D eigenvalue weighted by atomic mass is 79.9. The molecule has 7 heteroatoms. The molecule has 2 rings (SSSR count). The number of halogens is 3. The van der Waals surface area contributed by atoms with Gasteiger partial charge >= 0.3 is 0 Å². The fraction of sp³-hybridized carbons (Fsp3) is 0. The smallest absolute Gasteiger partial charge is 0.261 e. The Bertz CT molecular complexity index is 701. The van der Waals surface area contributed by atoms with Crippen LogP contribution in [0.4, 0.5) is 4.39 Å². The van der Waals surface area contributed by atoms with Crippen LogP contribution in [-0.4, -0.2) is 8.42 Å². The van der Waals surface area contributed by atoms with Crippen LogP contribution in [0.5, 0.6) is 11.5 Å². The van der Waals surface area contributed by atoms with Crippen LogP contribution in [0.25, 0.3) is 0 Å². The summed E-state index contributed by atoms with van der Waals surface area (Å²) in [5.41, 5.74) is 0. The molecule has 0 N–H and O–H groups in total. The number of benzene rings is 2. The second-order valence-electron chi connectivity index (χ2n) is 3.59. The van der Waals surface area contributed by atoms with E-state index < -0.39 is 9.05 Å². The number of hydrogen-bond acceptors (Lipinski definition) is 3. The topological polar surface area (TPSA) is 43.4 Å². The SMILES string of the molecule is O=S(=O)(Cl)c1ccc(Oc2ccc(F)cc2Br)cc1. The van der Waals surface area contributed by atoms with Gasteiger partial charge in [0.25, 0.3) is 9.05 Å². The zero-order valence-electron chi connectivity index (χ0n) is 9.31. The van der Waals surface area contributed by atoms with E-state index in [-0.39, 0.29) is 10.7 Å². The number of hydrogen-bond donors (Lipinski definition) is 0. The van der Waals surface area contributed by atoms with Gasteiger partial charge in [0.15, 0.2) is 0 Å². The van der Waals surface area contributed by atoms with Gasteiger partial charge in [0, 0.05) is 10.7 Å². The van der Waals surface area contributed by atoms with Crippen molar-refractivity contribution in [3.63, 3.8) is 0 Å². The maximum atomic E-state index is 12.9. The monoisotopic (exact) mass is 364 g/mol. The van der Waals surface area contributed by atoms with Gasteiger partial charge in [-0.15, -0.1) is 0 Å². The van der Waals surface area contributed by atoms with Gasteiger partial charge in [-0.05, 0) is 58.4 Å². The van der Waals surface area contributed by atoms with Gasteiger partial charge in [-0.2, -0.15) is 0 Å². The third-order valence-corrected chi connectivity index (χ3v) is 4.22. The van der Waals surface area contributed by atoms with Crippen LogP contribution in [0.2, 0.25) is 0 Å². The van der Waals surface area contributed by atoms with Gasteiger partial charge < -0.3 is 4.74 Å². The Balaban J connectivity index is 2.25. The van der Waals surface area contributed by atoms with E-state index in [1.165, 1.54) is 42.5 Å². The summed E-state index contributed by atoms with van der Waals surface area (Å²) in [4.78, 5) is -0.0142. The first-order valence-electron chi connectivity index (χ1n) is 5.04. The van der Waals surface area contributed by atoms with Crippen molar-refractivity contribution in [2.45, 2.75) is 4.90 Å². The first-order chi connectivity index (χ1) is 8.86. The lowest BCUT2D eigenvalue weighted by atomic mass is 10.3. The lowest BCUT2D eigenvalue weighted by Crippen LogP contribution is -1.91. The molecule has 0 aliphatic carbocycles. The Morgan fingerprint density at radius 1 is 1.11 bits per heavy atom. The Labute approximate surface area is 122 Å². The van der Waals surface area contributed by atoms with E-state index in [0.717, 1.165) is 0 Å². The molecule has 2 aromatic rings. The summed E-state index contributed by atoms with van der Waals surface area (Å²) in [6.45, 7) is 0. The zero-order valence-corrected chi connectivity index (χ0v) is 12.5. The van der Waals surface area contributed by atoms with Crippen molar-refractivity contribution >= 4 is 35.7 Å². The number of rotatable bonds is 3. The van der Waals surface area contributed by atoms with Crippen molar-refractivity contribution in [3.05, 3.63) is 52.8 Å². The van der Waals surface area contributed by atoms with E-state index in [1.54, 1.807) is 0 Å². The van der Waals surface area contributed by atoms with Crippen LogP contribution >= 0.6 is 26.6 Å². The third-order valence-electron chi connectivity index (χ3n) is 2.23. The van der Waals surface area contributed by atoms with Crippen LogP contribution in [0.15, 0.2) is 51.8 Å². The van der Waals surface area contributed by atoms with Gasteiger partial charge in [0.2, 0.25) is 0 Å². The lowest BCUT2D eigenvalue weighted by Gasteiger charge is -2.08. The Kier molecular flexibility index (Phi) is 4.13. The molecular formula is C12H7BrClFO3S. The predicted octanol–water partition coefficient (Wildman–Crippen LogP) is 4.31. The average Bonchev–Trinajstić information content (AvgIpc) is 2.32. The van der Waals surface area contributed by atoms with Crippen molar-refractivity contribution in [2.75, 3.05) is 0 Å². The molecule has 0 amide bonds. The normalized spacial score (nSPS) is 11.3. The average molecular weight is 366 g/mol. The van der Waals surface area contributed by atoms with Crippen molar-refractivity contribution < 1.29 is 17.5 Å². The summed E-state index contributed by atoms with van der Waals surface area (Å²) in [6.07, 6.45) is 0. The molecule has 0 saturated carbocycles. The molecule has 0 aromatic heterocycles. The maximum absolute atomic E-state index is 12.9. The first-order valence-corrected chi connectivity index (χ1v) is 8.14. The van der Waals surface area contributed by atoms with E-state index in [0.29, 0.717) is 16.0 Å². The van der Waals surface area contributed by atoms with Gasteiger partial charge in [-0.3, -0.25) is 0 Å². The summed E-state index contributed by atoms with van der Waals surface area (Å²) in [6, 6.07) is 9.58. The molecule has 0 spiro atoms. The third kappa shape index (κ3) is 3.68. The molecule has 0 unspecified atom stereocenters. The van der Waals surface area contributed by atoms with Crippen LogP contribution < -0.4 is 4.74 Å². The molecule has 0 bridgehead atoms. The first kappa shape index (κ1) is 14.3. The molecule has 0 atom stereocenters. The molecule has 0 fully saturated rings. The summed E-state index contributed by atoms with van der Waals surface area (Å²) in [5.74, 6) is 0.446. The minimum atomic E-state index is -3.75. The highest BCUT2D eigenvalue weighted by Gasteiger charge is 2.10. The Hall–Kier alpha value is -1.11. The van der Waals surface area contributed by atoms with Crippen molar-refractivity contribution in [1.82, 2.24) is 0 Å². The maximum Gasteiger partial charge on any atom is 0.261 e. The molecule has 0 radical (unpaired) electrons. The predicted molar refractivity (Wildman–Crippen MR) is 73.7 cm³/mol. The Morgan fingerprint density at radius 2 is 1.74 bits per heavy atom. The molecule has 0 heterocycles. The number of ether oxygens (including phenoxy) is 1. The van der Waals surface area contributed by atoms with E-state index in [4.69, 9.17) is 15.4 Å². The summed E-state index contributed by atoms with van der Waals surface area (Å²) >= 11 is 3.17. The summed E-state index contributed by atoms with van der Waals surface area (Å²) < 4.78 is 41.0. The minimum Gasteiger partial charge on any atom is -0.456 e. The van der Waals surface area contributed by atoms with Gasteiger partial charge in [-0.1, -0.05) is 0 Å². The summed E-state index contributed by atoms with van der Waals surface area (Å²) in [5, 5.41) is 0. The lowest BCUT2D eigenvalue weighted by molar-refractivity contribution is 0.477. The van der Waals surface area contributed by atoms with Crippen molar-refractivity contribution in [3.8, 4) is 11.5 Å². The Morgan fingerprint density at radius 3 is 2.26 bits per heavy atom. The molecule has 100 valence electrons. The van der Waals surface area contributed by atoms with Crippen LogP contribution in [0, 0.1) is 5.82 Å². The molecular weight excluding hydrogens is 359 g/mol. The van der Waals surface area contributed by atoms with Gasteiger partial charge in [-0.25, -0.2) is 12.8 Å². The van der Waals surface area contributed by atoms with E-state index in [2.05, 4.69) is 15.9 Å². The minimum absolute atomic E-state index is 0.0142. The van der Waals surface area contributed by atoms with E-state index in [1.807, 2.05) is 0 Å². The quantitative estimate of drug-likeness (QED) is 0.761. The largest absolute Gasteiger partial charge is 0.456 e. The van der Waals surface area contributed by atoms with E-state index in [9.17, 15) is 12.8 Å². The van der Waals surface area contributed by atoms with Crippen molar-refractivity contribution in [1.29, 1.82) is 0 Å². The van der Waals surface area contributed by atoms with Crippen LogP contribution in [0.3, 0.4) is 0 Å².